The van der Waals surface area contributed by atoms with Crippen LogP contribution < -0.4 is 0 Å². The molecule has 5 nitrogen and oxygen atoms in total. The second kappa shape index (κ2) is 10.6. The lowest BCUT2D eigenvalue weighted by molar-refractivity contribution is -0.120. The van der Waals surface area contributed by atoms with E-state index in [2.05, 4.69) is 15.1 Å². The molecule has 0 N–H and O–H groups in total. The third-order valence-corrected chi connectivity index (χ3v) is 8.53. The van der Waals surface area contributed by atoms with Gasteiger partial charge >= 0.3 is 0 Å². The molecule has 0 amide bonds. The summed E-state index contributed by atoms with van der Waals surface area (Å²) in [5.41, 5.74) is 1.40. The predicted octanol–water partition coefficient (Wildman–Crippen LogP) is 7.90. The van der Waals surface area contributed by atoms with E-state index in [1.54, 1.807) is 18.3 Å². The summed E-state index contributed by atoms with van der Waals surface area (Å²) in [7, 11) is 0. The topological polar surface area (TPSA) is 60.7 Å². The molecule has 2 unspecified atom stereocenters. The summed E-state index contributed by atoms with van der Waals surface area (Å²) in [4.78, 5) is 22.6. The van der Waals surface area contributed by atoms with Gasteiger partial charge in [0.1, 0.15) is 29.6 Å². The quantitative estimate of drug-likeness (QED) is 0.160. The smallest absolute Gasteiger partial charge is 0.293 e. The number of hydrogen-bond acceptors (Lipinski definition) is 4. The van der Waals surface area contributed by atoms with Gasteiger partial charge in [0.25, 0.3) is 12.3 Å². The molecule has 2 aromatic carbocycles. The van der Waals surface area contributed by atoms with E-state index in [-0.39, 0.29) is 30.4 Å². The summed E-state index contributed by atoms with van der Waals surface area (Å²) < 4.78 is 86.9. The number of aromatic nitrogens is 4. The number of halogens is 6. The summed E-state index contributed by atoms with van der Waals surface area (Å²) in [6.07, 6.45) is -0.0345. The molecule has 0 saturated heterocycles. The number of carbonyl (C=O) groups excluding carboxylic acids is 1. The molecule has 44 heavy (non-hydrogen) atoms. The first-order valence-electron chi connectivity index (χ1n) is 14.1. The number of rotatable bonds is 9. The lowest BCUT2D eigenvalue weighted by Gasteiger charge is -2.21. The molecule has 3 atom stereocenters. The first kappa shape index (κ1) is 28.2. The Balaban J connectivity index is 1.27. The number of alkyl halides is 4. The van der Waals surface area contributed by atoms with Gasteiger partial charge in [-0.05, 0) is 60.2 Å². The van der Waals surface area contributed by atoms with Crippen LogP contribution in [0.4, 0.5) is 26.3 Å². The lowest BCUT2D eigenvalue weighted by Crippen LogP contribution is -2.24. The maximum Gasteiger partial charge on any atom is 0.293 e. The molecule has 1 fully saturated rings. The van der Waals surface area contributed by atoms with Crippen molar-refractivity contribution in [1.29, 1.82) is 0 Å². The molecule has 2 aliphatic carbocycles. The Labute approximate surface area is 247 Å². The summed E-state index contributed by atoms with van der Waals surface area (Å²) in [5, 5.41) is 4.59. The third kappa shape index (κ3) is 4.84. The molecule has 5 aromatic rings. The number of hydrogen-bond donors (Lipinski definition) is 0. The van der Waals surface area contributed by atoms with E-state index in [9.17, 15) is 22.4 Å². The molecule has 1 saturated carbocycles. The van der Waals surface area contributed by atoms with Gasteiger partial charge < -0.3 is 0 Å². The molecule has 7 rings (SSSR count). The van der Waals surface area contributed by atoms with Crippen LogP contribution in [0.25, 0.3) is 22.0 Å². The van der Waals surface area contributed by atoms with Crippen LogP contribution >= 0.6 is 0 Å². The zero-order chi connectivity index (χ0) is 30.7. The number of carbonyl (C=O) groups is 1. The van der Waals surface area contributed by atoms with Crippen molar-refractivity contribution in [2.45, 2.75) is 50.0 Å². The van der Waals surface area contributed by atoms with Gasteiger partial charge in [-0.2, -0.15) is 13.9 Å². The van der Waals surface area contributed by atoms with E-state index in [4.69, 9.17) is 0 Å². The van der Waals surface area contributed by atoms with Gasteiger partial charge in [-0.1, -0.05) is 24.3 Å². The molecule has 11 heteroatoms. The second-order valence-electron chi connectivity index (χ2n) is 11.4. The maximum atomic E-state index is 15.1. The van der Waals surface area contributed by atoms with Crippen molar-refractivity contribution in [1.82, 2.24) is 19.7 Å². The van der Waals surface area contributed by atoms with Gasteiger partial charge in [0.15, 0.2) is 5.78 Å². The van der Waals surface area contributed by atoms with Crippen molar-refractivity contribution in [3.05, 3.63) is 113 Å². The molecular weight excluding hydrogens is 582 g/mol. The van der Waals surface area contributed by atoms with Crippen LogP contribution in [0.5, 0.6) is 0 Å². The standard InChI is InChI=1S/C33H24F6N4O/c34-19-11-17(12-20(35)14-19)10-18(29-24(6-3-9-41-29)22-4-1-7-27-23(22)5-2-8-40-27)13-21(44)16-43-31-28(30(42-43)32(36)37)25-15-26(25)33(31,38)39/h1-9,11-12,14,18,25-26,32H,10,13,15-16H2/t18-,25?,26?/m1/s1. The highest BCUT2D eigenvalue weighted by Crippen LogP contribution is 2.68. The van der Waals surface area contributed by atoms with Gasteiger partial charge in [-0.25, -0.2) is 17.6 Å². The van der Waals surface area contributed by atoms with E-state index in [1.807, 2.05) is 30.3 Å². The van der Waals surface area contributed by atoms with Gasteiger partial charge in [-0.15, -0.1) is 0 Å². The van der Waals surface area contributed by atoms with Crippen LogP contribution in [-0.4, -0.2) is 25.5 Å². The summed E-state index contributed by atoms with van der Waals surface area (Å²) in [6.45, 7) is -0.654. The van der Waals surface area contributed by atoms with E-state index < -0.39 is 65.5 Å². The molecule has 0 spiro atoms. The number of fused-ring (bicyclic) bond motifs is 4. The fraction of sp³-hybridized carbons (Fsp3) is 0.273. The van der Waals surface area contributed by atoms with E-state index >= 15 is 8.78 Å². The Hall–Kier alpha value is -4.54. The van der Waals surface area contributed by atoms with Crippen molar-refractivity contribution in [3.63, 3.8) is 0 Å². The number of Topliss-reactive ketones (excluding diaryl/α,β-unsaturated/α-hetero) is 1. The fourth-order valence-electron chi connectivity index (χ4n) is 6.67. The van der Waals surface area contributed by atoms with Crippen molar-refractivity contribution in [3.8, 4) is 11.1 Å². The van der Waals surface area contributed by atoms with Crippen LogP contribution in [-0.2, 0) is 23.7 Å². The maximum absolute atomic E-state index is 15.1. The third-order valence-electron chi connectivity index (χ3n) is 8.53. The first-order valence-corrected chi connectivity index (χ1v) is 14.1. The molecule has 224 valence electrons. The highest BCUT2D eigenvalue weighted by molar-refractivity contribution is 5.95. The Bertz CT molecular complexity index is 1900. The lowest BCUT2D eigenvalue weighted by atomic mass is 9.86. The van der Waals surface area contributed by atoms with Crippen molar-refractivity contribution >= 4 is 16.7 Å². The van der Waals surface area contributed by atoms with Crippen LogP contribution in [0, 0.1) is 17.6 Å². The number of benzene rings is 2. The van der Waals surface area contributed by atoms with Crippen molar-refractivity contribution < 1.29 is 31.1 Å². The van der Waals surface area contributed by atoms with E-state index in [0.29, 0.717) is 11.3 Å². The fourth-order valence-corrected chi connectivity index (χ4v) is 6.67. The number of nitrogens with zero attached hydrogens (tertiary/aromatic N) is 4. The van der Waals surface area contributed by atoms with Crippen LogP contribution in [0.15, 0.2) is 73.1 Å². The van der Waals surface area contributed by atoms with Gasteiger partial charge in [0, 0.05) is 53.2 Å². The summed E-state index contributed by atoms with van der Waals surface area (Å²) in [6, 6.07) is 15.8. The van der Waals surface area contributed by atoms with Crippen LogP contribution in [0.3, 0.4) is 0 Å². The average molecular weight is 607 g/mol. The van der Waals surface area contributed by atoms with Crippen molar-refractivity contribution in [2.75, 3.05) is 0 Å². The molecule has 2 aliphatic rings. The average Bonchev–Trinajstić information content (AvgIpc) is 3.64. The highest BCUT2D eigenvalue weighted by Gasteiger charge is 2.67. The summed E-state index contributed by atoms with van der Waals surface area (Å²) in [5.74, 6) is -8.01. The van der Waals surface area contributed by atoms with Gasteiger partial charge in [-0.3, -0.25) is 19.4 Å². The second-order valence-corrected chi connectivity index (χ2v) is 11.4. The Morgan fingerprint density at radius 3 is 2.43 bits per heavy atom. The SMILES string of the molecule is O=C(C[C@@H](Cc1cc(F)cc(F)c1)c1ncccc1-c1cccc2ncccc12)Cn1nc(C(F)F)c2c1C(F)(F)C1CC21. The van der Waals surface area contributed by atoms with Gasteiger partial charge in [0.2, 0.25) is 0 Å². The zero-order valence-electron chi connectivity index (χ0n) is 23.0. The number of ketones is 1. The van der Waals surface area contributed by atoms with Crippen LogP contribution in [0.2, 0.25) is 0 Å². The van der Waals surface area contributed by atoms with E-state index in [0.717, 1.165) is 39.3 Å². The molecular formula is C33H24F6N4O. The predicted molar refractivity (Wildman–Crippen MR) is 149 cm³/mol. The summed E-state index contributed by atoms with van der Waals surface area (Å²) >= 11 is 0. The minimum absolute atomic E-state index is 0.00669. The molecule has 3 aromatic heterocycles. The Morgan fingerprint density at radius 1 is 0.932 bits per heavy atom. The first-order chi connectivity index (χ1) is 21.1. The highest BCUT2D eigenvalue weighted by atomic mass is 19.3. The molecule has 0 radical (unpaired) electrons. The molecule has 0 bridgehead atoms. The largest absolute Gasteiger partial charge is 0.298 e. The minimum atomic E-state index is -3.37. The number of pyridine rings is 2. The normalized spacial score (nSPS) is 18.8. The zero-order valence-corrected chi connectivity index (χ0v) is 23.0. The molecule has 0 aliphatic heterocycles. The van der Waals surface area contributed by atoms with Crippen LogP contribution in [0.1, 0.15) is 59.3 Å². The van der Waals surface area contributed by atoms with Gasteiger partial charge in [0.05, 0.1) is 11.2 Å². The minimum Gasteiger partial charge on any atom is -0.298 e. The van der Waals surface area contributed by atoms with Crippen molar-refractivity contribution in [2.24, 2.45) is 5.92 Å². The Kier molecular flexibility index (Phi) is 6.78. The Morgan fingerprint density at radius 2 is 1.66 bits per heavy atom. The molecule has 3 heterocycles. The van der Waals surface area contributed by atoms with E-state index in [1.165, 1.54) is 6.20 Å². The monoisotopic (exact) mass is 606 g/mol.